The van der Waals surface area contributed by atoms with Crippen LogP contribution < -0.4 is 5.32 Å². The van der Waals surface area contributed by atoms with Crippen molar-refractivity contribution in [3.05, 3.63) is 71.0 Å². The molecule has 0 aromatic heterocycles. The van der Waals surface area contributed by atoms with Crippen molar-refractivity contribution in [3.8, 4) is 11.8 Å². The Hall–Kier alpha value is -3.31. The average molecular weight is 470 g/mol. The first-order chi connectivity index (χ1) is 16.3. The van der Waals surface area contributed by atoms with Gasteiger partial charge in [-0.15, -0.1) is 5.92 Å². The zero-order valence-electron chi connectivity index (χ0n) is 18.9. The molecule has 178 valence electrons. The predicted molar refractivity (Wildman–Crippen MR) is 121 cm³/mol. The Balaban J connectivity index is 1.54. The van der Waals surface area contributed by atoms with E-state index in [2.05, 4.69) is 17.2 Å². The Bertz CT molecular complexity index is 1150. The van der Waals surface area contributed by atoms with E-state index in [0.717, 1.165) is 11.0 Å². The summed E-state index contributed by atoms with van der Waals surface area (Å²) in [5.74, 6) is 3.31. The second-order valence-electron chi connectivity index (χ2n) is 8.81. The van der Waals surface area contributed by atoms with E-state index in [9.17, 15) is 22.8 Å². The fourth-order valence-corrected chi connectivity index (χ4v) is 4.93. The highest BCUT2D eigenvalue weighted by atomic mass is 19.1. The van der Waals surface area contributed by atoms with Gasteiger partial charge in [0.15, 0.2) is 0 Å². The van der Waals surface area contributed by atoms with Gasteiger partial charge < -0.3 is 5.32 Å². The number of benzene rings is 2. The Morgan fingerprint density at radius 1 is 1.06 bits per heavy atom. The summed E-state index contributed by atoms with van der Waals surface area (Å²) in [6.45, 7) is 3.11. The first-order valence-electron chi connectivity index (χ1n) is 11.3. The molecule has 3 amide bonds. The fraction of sp³-hybridized carbons (Fsp3) is 0.385. The van der Waals surface area contributed by atoms with E-state index < -0.39 is 29.0 Å². The quantitative estimate of drug-likeness (QED) is 0.516. The van der Waals surface area contributed by atoms with E-state index in [-0.39, 0.29) is 24.8 Å². The van der Waals surface area contributed by atoms with Gasteiger partial charge in [-0.25, -0.2) is 18.0 Å². The minimum absolute atomic E-state index is 0.00520. The number of imide groups is 1. The monoisotopic (exact) mass is 469 g/mol. The van der Waals surface area contributed by atoms with Gasteiger partial charge in [-0.05, 0) is 62.5 Å². The van der Waals surface area contributed by atoms with Crippen molar-refractivity contribution in [3.63, 3.8) is 0 Å². The number of nitrogens with zero attached hydrogens (tertiary/aromatic N) is 2. The minimum atomic E-state index is -1.20. The first kappa shape index (κ1) is 23.8. The van der Waals surface area contributed by atoms with Crippen LogP contribution in [0, 0.1) is 35.2 Å². The molecule has 2 aliphatic rings. The van der Waals surface area contributed by atoms with Crippen molar-refractivity contribution in [2.24, 2.45) is 5.92 Å². The van der Waals surface area contributed by atoms with Gasteiger partial charge in [-0.1, -0.05) is 24.1 Å². The van der Waals surface area contributed by atoms with E-state index in [0.29, 0.717) is 43.6 Å². The molecule has 1 unspecified atom stereocenters. The molecule has 2 fully saturated rings. The maximum absolute atomic E-state index is 14.1. The topological polar surface area (TPSA) is 52.7 Å². The zero-order valence-corrected chi connectivity index (χ0v) is 18.9. The summed E-state index contributed by atoms with van der Waals surface area (Å²) in [5.41, 5.74) is -0.176. The number of halogens is 3. The van der Waals surface area contributed by atoms with Gasteiger partial charge in [-0.2, -0.15) is 0 Å². The molecular formula is C26H26F3N3O2. The van der Waals surface area contributed by atoms with Gasteiger partial charge >= 0.3 is 6.03 Å². The van der Waals surface area contributed by atoms with Crippen molar-refractivity contribution in [2.45, 2.75) is 38.3 Å². The summed E-state index contributed by atoms with van der Waals surface area (Å²) in [4.78, 5) is 29.5. The van der Waals surface area contributed by atoms with E-state index >= 15 is 0 Å². The van der Waals surface area contributed by atoms with Crippen LogP contribution in [0.5, 0.6) is 0 Å². The predicted octanol–water partition coefficient (Wildman–Crippen LogP) is 3.87. The summed E-state index contributed by atoms with van der Waals surface area (Å²) in [6.07, 6.45) is 1.33. The SMILES string of the molecule is CC#CCN1C(=O)NC(Cc2cccc(F)c2)(C2CCN(Cc3ccc(F)cc3F)CC2)C1=O. The molecular weight excluding hydrogens is 443 g/mol. The molecule has 5 nitrogen and oxygen atoms in total. The van der Waals surface area contributed by atoms with Gasteiger partial charge in [0.1, 0.15) is 23.0 Å². The molecule has 1 N–H and O–H groups in total. The maximum atomic E-state index is 14.1. The highest BCUT2D eigenvalue weighted by molar-refractivity contribution is 6.07. The molecule has 2 aromatic rings. The van der Waals surface area contributed by atoms with Gasteiger partial charge in [0.05, 0.1) is 6.54 Å². The van der Waals surface area contributed by atoms with Gasteiger partial charge in [0.2, 0.25) is 0 Å². The maximum Gasteiger partial charge on any atom is 0.325 e. The number of piperidine rings is 1. The third-order valence-corrected chi connectivity index (χ3v) is 6.68. The minimum Gasteiger partial charge on any atom is -0.322 e. The van der Waals surface area contributed by atoms with E-state index in [1.54, 1.807) is 19.1 Å². The normalized spacial score (nSPS) is 21.4. The summed E-state index contributed by atoms with van der Waals surface area (Å²) in [5, 5.41) is 2.92. The number of urea groups is 1. The number of hydrogen-bond acceptors (Lipinski definition) is 3. The van der Waals surface area contributed by atoms with Crippen molar-refractivity contribution < 1.29 is 22.8 Å². The molecule has 8 heteroatoms. The summed E-state index contributed by atoms with van der Waals surface area (Å²) in [7, 11) is 0. The standard InChI is InChI=1S/C26H26F3N3O2/c1-2-3-11-32-24(33)26(30-25(32)34,16-18-5-4-6-21(27)14-18)20-9-12-31(13-10-20)17-19-7-8-22(28)15-23(19)29/h4-8,14-15,20H,9-13,16-17H2,1H3,(H,30,34). The molecule has 0 radical (unpaired) electrons. The number of likely N-dealkylation sites (tertiary alicyclic amines) is 1. The van der Waals surface area contributed by atoms with Gasteiger partial charge in [-0.3, -0.25) is 14.6 Å². The van der Waals surface area contributed by atoms with Gasteiger partial charge in [0.25, 0.3) is 5.91 Å². The number of nitrogens with one attached hydrogen (secondary N) is 1. The molecule has 0 bridgehead atoms. The lowest BCUT2D eigenvalue weighted by atomic mass is 9.74. The molecule has 0 aliphatic carbocycles. The van der Waals surface area contributed by atoms with E-state index in [1.807, 2.05) is 4.90 Å². The molecule has 4 rings (SSSR count). The molecule has 1 atom stereocenters. The lowest BCUT2D eigenvalue weighted by Gasteiger charge is -2.41. The van der Waals surface area contributed by atoms with Crippen molar-refractivity contribution in [1.82, 2.24) is 15.1 Å². The van der Waals surface area contributed by atoms with Crippen LogP contribution in [0.25, 0.3) is 0 Å². The third kappa shape index (κ3) is 4.80. The fourth-order valence-electron chi connectivity index (χ4n) is 4.93. The first-order valence-corrected chi connectivity index (χ1v) is 11.3. The van der Waals surface area contributed by atoms with Gasteiger partial charge in [0, 0.05) is 24.6 Å². The van der Waals surface area contributed by atoms with Crippen molar-refractivity contribution in [2.75, 3.05) is 19.6 Å². The number of rotatable bonds is 6. The zero-order chi connectivity index (χ0) is 24.3. The molecule has 2 saturated heterocycles. The second-order valence-corrected chi connectivity index (χ2v) is 8.81. The molecule has 2 aliphatic heterocycles. The van der Waals surface area contributed by atoms with Crippen LogP contribution >= 0.6 is 0 Å². The Morgan fingerprint density at radius 2 is 1.79 bits per heavy atom. The van der Waals surface area contributed by atoms with Crippen molar-refractivity contribution in [1.29, 1.82) is 0 Å². The molecule has 34 heavy (non-hydrogen) atoms. The number of hydrogen-bond donors (Lipinski definition) is 1. The molecule has 2 aromatic carbocycles. The van der Waals surface area contributed by atoms with Crippen LogP contribution in [0.2, 0.25) is 0 Å². The number of carbonyl (C=O) groups excluding carboxylic acids is 2. The molecule has 0 spiro atoms. The van der Waals surface area contributed by atoms with Crippen LogP contribution in [0.4, 0.5) is 18.0 Å². The Kier molecular flexibility index (Phi) is 6.94. The highest BCUT2D eigenvalue weighted by Crippen LogP contribution is 2.37. The van der Waals surface area contributed by atoms with Crippen molar-refractivity contribution >= 4 is 11.9 Å². The van der Waals surface area contributed by atoms with E-state index in [4.69, 9.17) is 0 Å². The smallest absolute Gasteiger partial charge is 0.322 e. The lowest BCUT2D eigenvalue weighted by molar-refractivity contribution is -0.133. The van der Waals surface area contributed by atoms with Crippen LogP contribution in [0.1, 0.15) is 30.9 Å². The largest absolute Gasteiger partial charge is 0.325 e. The van der Waals surface area contributed by atoms with Crippen LogP contribution in [0.3, 0.4) is 0 Å². The second kappa shape index (κ2) is 9.90. The Labute approximate surface area is 196 Å². The summed E-state index contributed by atoms with van der Waals surface area (Å²) in [6, 6.07) is 9.08. The summed E-state index contributed by atoms with van der Waals surface area (Å²) < 4.78 is 41.2. The van der Waals surface area contributed by atoms with Crippen LogP contribution in [0.15, 0.2) is 42.5 Å². The summed E-state index contributed by atoms with van der Waals surface area (Å²) >= 11 is 0. The molecule has 2 heterocycles. The van der Waals surface area contributed by atoms with Crippen LogP contribution in [-0.4, -0.2) is 46.9 Å². The lowest BCUT2D eigenvalue weighted by Crippen LogP contribution is -2.57. The van der Waals surface area contributed by atoms with E-state index in [1.165, 1.54) is 24.3 Å². The third-order valence-electron chi connectivity index (χ3n) is 6.68. The number of carbonyl (C=O) groups is 2. The highest BCUT2D eigenvalue weighted by Gasteiger charge is 2.55. The van der Waals surface area contributed by atoms with Crippen LogP contribution in [-0.2, 0) is 17.8 Å². The molecule has 0 saturated carbocycles. The number of amides is 3. The Morgan fingerprint density at radius 3 is 2.47 bits per heavy atom. The average Bonchev–Trinajstić information content (AvgIpc) is 3.04.